The third-order valence-electron chi connectivity index (χ3n) is 3.10. The van der Waals surface area contributed by atoms with Crippen LogP contribution in [0.5, 0.6) is 0 Å². The summed E-state index contributed by atoms with van der Waals surface area (Å²) in [7, 11) is 0. The quantitative estimate of drug-likeness (QED) is 0.521. The standard InChI is InChI=1S/C14H25N3O3/c1-3-4-7-13(18)17-16-11(2)9-14(19)15-10-12-6-5-8-20-12/h12H,3-10H2,1-2H3,(H,15,19)(H,17,18)/b16-11+. The predicted octanol–water partition coefficient (Wildman–Crippen LogP) is 1.35. The number of nitrogens with one attached hydrogen (secondary N) is 2. The molecular weight excluding hydrogens is 258 g/mol. The van der Waals surface area contributed by atoms with Gasteiger partial charge in [-0.3, -0.25) is 9.59 Å². The number of rotatable bonds is 8. The molecule has 0 aromatic heterocycles. The van der Waals surface area contributed by atoms with Crippen LogP contribution in [0.15, 0.2) is 5.10 Å². The minimum atomic E-state index is -0.106. The van der Waals surface area contributed by atoms with E-state index in [4.69, 9.17) is 4.74 Å². The van der Waals surface area contributed by atoms with Gasteiger partial charge in [0.1, 0.15) is 0 Å². The van der Waals surface area contributed by atoms with Crippen molar-refractivity contribution in [2.45, 2.75) is 58.5 Å². The van der Waals surface area contributed by atoms with Gasteiger partial charge in [0.2, 0.25) is 11.8 Å². The Kier molecular flexibility index (Phi) is 7.87. The first-order valence-electron chi connectivity index (χ1n) is 7.32. The molecule has 1 atom stereocenters. The van der Waals surface area contributed by atoms with Crippen LogP contribution >= 0.6 is 0 Å². The normalized spacial score (nSPS) is 18.9. The van der Waals surface area contributed by atoms with Crippen molar-refractivity contribution in [3.63, 3.8) is 0 Å². The first-order valence-corrected chi connectivity index (χ1v) is 7.32. The van der Waals surface area contributed by atoms with Crippen molar-refractivity contribution >= 4 is 17.5 Å². The number of unbranched alkanes of at least 4 members (excludes halogenated alkanes) is 1. The highest BCUT2D eigenvalue weighted by atomic mass is 16.5. The van der Waals surface area contributed by atoms with Gasteiger partial charge >= 0.3 is 0 Å². The topological polar surface area (TPSA) is 79.8 Å². The molecule has 0 spiro atoms. The summed E-state index contributed by atoms with van der Waals surface area (Å²) in [4.78, 5) is 23.0. The van der Waals surface area contributed by atoms with E-state index in [-0.39, 0.29) is 24.3 Å². The van der Waals surface area contributed by atoms with Gasteiger partial charge in [-0.15, -0.1) is 0 Å². The van der Waals surface area contributed by atoms with Crippen LogP contribution in [0.2, 0.25) is 0 Å². The fraction of sp³-hybridized carbons (Fsp3) is 0.786. The maximum Gasteiger partial charge on any atom is 0.240 e. The van der Waals surface area contributed by atoms with E-state index >= 15 is 0 Å². The number of hydrazone groups is 1. The lowest BCUT2D eigenvalue weighted by atomic mass is 10.2. The second-order valence-electron chi connectivity index (χ2n) is 5.10. The van der Waals surface area contributed by atoms with Crippen molar-refractivity contribution in [2.24, 2.45) is 5.10 Å². The summed E-state index contributed by atoms with van der Waals surface area (Å²) < 4.78 is 5.42. The molecule has 2 amide bonds. The summed E-state index contributed by atoms with van der Waals surface area (Å²) in [6.07, 6.45) is 4.69. The zero-order valence-electron chi connectivity index (χ0n) is 12.4. The van der Waals surface area contributed by atoms with Crippen molar-refractivity contribution in [3.8, 4) is 0 Å². The SMILES string of the molecule is CCCCC(=O)N/N=C(\C)CC(=O)NCC1CCCO1. The Morgan fingerprint density at radius 1 is 1.35 bits per heavy atom. The summed E-state index contributed by atoms with van der Waals surface area (Å²) in [5.74, 6) is -0.199. The van der Waals surface area contributed by atoms with Crippen molar-refractivity contribution in [1.29, 1.82) is 0 Å². The second-order valence-corrected chi connectivity index (χ2v) is 5.10. The number of carbonyl (C=O) groups is 2. The van der Waals surface area contributed by atoms with Crippen LogP contribution in [0.3, 0.4) is 0 Å². The molecule has 1 heterocycles. The number of carbonyl (C=O) groups excluding carboxylic acids is 2. The molecule has 1 fully saturated rings. The van der Waals surface area contributed by atoms with Crippen LogP contribution < -0.4 is 10.7 Å². The zero-order valence-corrected chi connectivity index (χ0v) is 12.4. The first-order chi connectivity index (χ1) is 9.61. The van der Waals surface area contributed by atoms with Gasteiger partial charge in [0.25, 0.3) is 0 Å². The highest BCUT2D eigenvalue weighted by molar-refractivity contribution is 6.00. The van der Waals surface area contributed by atoms with Gasteiger partial charge < -0.3 is 10.1 Å². The molecule has 1 unspecified atom stereocenters. The van der Waals surface area contributed by atoms with Crippen LogP contribution in [-0.2, 0) is 14.3 Å². The van der Waals surface area contributed by atoms with E-state index in [2.05, 4.69) is 15.8 Å². The molecule has 1 aliphatic heterocycles. The Hall–Kier alpha value is -1.43. The molecule has 1 rings (SSSR count). The summed E-state index contributed by atoms with van der Waals surface area (Å²) in [6, 6.07) is 0. The average Bonchev–Trinajstić information content (AvgIpc) is 2.94. The molecule has 0 radical (unpaired) electrons. The number of ether oxygens (including phenoxy) is 1. The van der Waals surface area contributed by atoms with Crippen LogP contribution in [0, 0.1) is 0 Å². The van der Waals surface area contributed by atoms with Gasteiger partial charge in [0.05, 0.1) is 12.5 Å². The van der Waals surface area contributed by atoms with E-state index in [1.54, 1.807) is 6.92 Å². The van der Waals surface area contributed by atoms with Crippen LogP contribution in [0.1, 0.15) is 52.4 Å². The Labute approximate surface area is 120 Å². The molecule has 20 heavy (non-hydrogen) atoms. The Morgan fingerprint density at radius 2 is 2.15 bits per heavy atom. The fourth-order valence-electron chi connectivity index (χ4n) is 1.92. The smallest absolute Gasteiger partial charge is 0.240 e. The van der Waals surface area contributed by atoms with Gasteiger partial charge in [-0.05, 0) is 26.2 Å². The molecule has 6 heteroatoms. The van der Waals surface area contributed by atoms with Gasteiger partial charge in [0, 0.05) is 25.3 Å². The van der Waals surface area contributed by atoms with Crippen molar-refractivity contribution in [1.82, 2.24) is 10.7 Å². The van der Waals surface area contributed by atoms with Crippen LogP contribution in [0.4, 0.5) is 0 Å². The summed E-state index contributed by atoms with van der Waals surface area (Å²) in [6.45, 7) is 5.09. The van der Waals surface area contributed by atoms with Gasteiger partial charge in [-0.2, -0.15) is 5.10 Å². The molecule has 0 aliphatic carbocycles. The fourth-order valence-corrected chi connectivity index (χ4v) is 1.92. The summed E-state index contributed by atoms with van der Waals surface area (Å²) in [5.41, 5.74) is 3.06. The molecule has 2 N–H and O–H groups in total. The average molecular weight is 283 g/mol. The number of amides is 2. The van der Waals surface area contributed by atoms with E-state index in [0.29, 0.717) is 18.7 Å². The molecule has 6 nitrogen and oxygen atoms in total. The van der Waals surface area contributed by atoms with E-state index in [0.717, 1.165) is 32.3 Å². The largest absolute Gasteiger partial charge is 0.376 e. The molecule has 1 saturated heterocycles. The number of hydrogen-bond donors (Lipinski definition) is 2. The minimum Gasteiger partial charge on any atom is -0.376 e. The molecular formula is C14H25N3O3. The third-order valence-corrected chi connectivity index (χ3v) is 3.10. The zero-order chi connectivity index (χ0) is 14.8. The molecule has 0 saturated carbocycles. The van der Waals surface area contributed by atoms with E-state index < -0.39 is 0 Å². The van der Waals surface area contributed by atoms with E-state index in [1.807, 2.05) is 6.92 Å². The molecule has 0 bridgehead atoms. The van der Waals surface area contributed by atoms with Gasteiger partial charge in [-0.25, -0.2) is 5.43 Å². The third kappa shape index (κ3) is 7.23. The lowest BCUT2D eigenvalue weighted by Gasteiger charge is -2.10. The molecule has 0 aromatic carbocycles. The van der Waals surface area contributed by atoms with Gasteiger partial charge in [0.15, 0.2) is 0 Å². The molecule has 0 aromatic rings. The molecule has 114 valence electrons. The maximum absolute atomic E-state index is 11.7. The lowest BCUT2D eigenvalue weighted by Crippen LogP contribution is -2.33. The Morgan fingerprint density at radius 3 is 2.80 bits per heavy atom. The van der Waals surface area contributed by atoms with Crippen LogP contribution in [-0.4, -0.2) is 36.8 Å². The number of hydrogen-bond acceptors (Lipinski definition) is 4. The second kappa shape index (κ2) is 9.47. The monoisotopic (exact) mass is 283 g/mol. The van der Waals surface area contributed by atoms with Crippen molar-refractivity contribution < 1.29 is 14.3 Å². The van der Waals surface area contributed by atoms with E-state index in [9.17, 15) is 9.59 Å². The van der Waals surface area contributed by atoms with Crippen LogP contribution in [0.25, 0.3) is 0 Å². The Bertz CT molecular complexity index is 350. The highest BCUT2D eigenvalue weighted by Gasteiger charge is 2.16. The van der Waals surface area contributed by atoms with Crippen molar-refractivity contribution in [3.05, 3.63) is 0 Å². The van der Waals surface area contributed by atoms with Gasteiger partial charge in [-0.1, -0.05) is 13.3 Å². The summed E-state index contributed by atoms with van der Waals surface area (Å²) in [5, 5.41) is 6.74. The summed E-state index contributed by atoms with van der Waals surface area (Å²) >= 11 is 0. The lowest BCUT2D eigenvalue weighted by molar-refractivity contribution is -0.122. The number of nitrogens with zero attached hydrogens (tertiary/aromatic N) is 1. The first kappa shape index (κ1) is 16.6. The van der Waals surface area contributed by atoms with Crippen molar-refractivity contribution in [2.75, 3.05) is 13.2 Å². The predicted molar refractivity (Wildman–Crippen MR) is 77.4 cm³/mol. The van der Waals surface area contributed by atoms with E-state index in [1.165, 1.54) is 0 Å². The maximum atomic E-state index is 11.7. The Balaban J connectivity index is 2.17. The molecule has 1 aliphatic rings. The highest BCUT2D eigenvalue weighted by Crippen LogP contribution is 2.10. The minimum absolute atomic E-state index is 0.0930.